The number of nitrogens with one attached hydrogen (secondary N) is 2. The molecule has 1 heterocycles. The molecule has 15 heavy (non-hydrogen) atoms. The van der Waals surface area contributed by atoms with Gasteiger partial charge in [0.15, 0.2) is 0 Å². The Labute approximate surface area is 92.4 Å². The lowest BCUT2D eigenvalue weighted by Crippen LogP contribution is -2.36. The number of hydrogen-bond acceptors (Lipinski definition) is 3. The Morgan fingerprint density at radius 1 is 1.67 bits per heavy atom. The molecular weight excluding hydrogens is 190 g/mol. The molecule has 2 N–H and O–H groups in total. The van der Waals surface area contributed by atoms with Gasteiger partial charge in [0.05, 0.1) is 0 Å². The summed E-state index contributed by atoms with van der Waals surface area (Å²) in [7, 11) is 3.79. The molecule has 0 aromatic heterocycles. The monoisotopic (exact) mass is 213 g/mol. The smallest absolute Gasteiger partial charge is 0.223 e. The molecule has 1 saturated heterocycles. The summed E-state index contributed by atoms with van der Waals surface area (Å²) in [5, 5.41) is 6.04. The van der Waals surface area contributed by atoms with Gasteiger partial charge in [0.2, 0.25) is 5.91 Å². The van der Waals surface area contributed by atoms with E-state index in [-0.39, 0.29) is 11.8 Å². The average Bonchev–Trinajstić information content (AvgIpc) is 2.68. The van der Waals surface area contributed by atoms with Crippen LogP contribution >= 0.6 is 0 Å². The van der Waals surface area contributed by atoms with E-state index in [1.165, 1.54) is 6.42 Å². The van der Waals surface area contributed by atoms with Crippen molar-refractivity contribution in [1.29, 1.82) is 0 Å². The van der Waals surface area contributed by atoms with Crippen LogP contribution < -0.4 is 10.6 Å². The van der Waals surface area contributed by atoms with Gasteiger partial charge in [-0.25, -0.2) is 0 Å². The van der Waals surface area contributed by atoms with Gasteiger partial charge in [0.1, 0.15) is 0 Å². The molecule has 2 atom stereocenters. The minimum Gasteiger partial charge on any atom is -0.359 e. The van der Waals surface area contributed by atoms with E-state index in [9.17, 15) is 4.79 Å². The standard InChI is InChI=1S/C11H23N3O/c1-9(11(15)12-2)7-14(3)8-10-4-5-13-6-10/h9-10,13H,4-8H2,1-3H3,(H,12,15). The third-order valence-corrected chi connectivity index (χ3v) is 3.01. The van der Waals surface area contributed by atoms with Crippen LogP contribution in [0.2, 0.25) is 0 Å². The molecule has 1 aliphatic rings. The van der Waals surface area contributed by atoms with Gasteiger partial charge in [0.25, 0.3) is 0 Å². The maximum atomic E-state index is 11.3. The quantitative estimate of drug-likeness (QED) is 0.671. The van der Waals surface area contributed by atoms with Crippen molar-refractivity contribution in [1.82, 2.24) is 15.5 Å². The van der Waals surface area contributed by atoms with Gasteiger partial charge in [-0.15, -0.1) is 0 Å². The predicted octanol–water partition coefficient (Wildman–Crippen LogP) is -0.0902. The van der Waals surface area contributed by atoms with Crippen molar-refractivity contribution >= 4 is 5.91 Å². The van der Waals surface area contributed by atoms with Gasteiger partial charge in [0, 0.05) is 26.1 Å². The van der Waals surface area contributed by atoms with Crippen molar-refractivity contribution in [2.75, 3.05) is 40.3 Å². The van der Waals surface area contributed by atoms with E-state index < -0.39 is 0 Å². The number of carbonyl (C=O) groups excluding carboxylic acids is 1. The summed E-state index contributed by atoms with van der Waals surface area (Å²) in [5.41, 5.74) is 0. The first-order valence-electron chi connectivity index (χ1n) is 5.74. The molecule has 0 aromatic rings. The van der Waals surface area contributed by atoms with Crippen LogP contribution in [-0.4, -0.2) is 51.1 Å². The van der Waals surface area contributed by atoms with Crippen molar-refractivity contribution in [2.45, 2.75) is 13.3 Å². The van der Waals surface area contributed by atoms with Crippen molar-refractivity contribution in [3.8, 4) is 0 Å². The minimum absolute atomic E-state index is 0.0781. The highest BCUT2D eigenvalue weighted by Crippen LogP contribution is 2.09. The van der Waals surface area contributed by atoms with Crippen LogP contribution in [0, 0.1) is 11.8 Å². The minimum atomic E-state index is 0.0781. The van der Waals surface area contributed by atoms with E-state index in [4.69, 9.17) is 0 Å². The van der Waals surface area contributed by atoms with E-state index >= 15 is 0 Å². The summed E-state index contributed by atoms with van der Waals surface area (Å²) in [5.74, 6) is 0.965. The molecule has 0 radical (unpaired) electrons. The van der Waals surface area contributed by atoms with Crippen LogP contribution in [0.3, 0.4) is 0 Å². The van der Waals surface area contributed by atoms with Crippen molar-refractivity contribution in [3.05, 3.63) is 0 Å². The second-order valence-corrected chi connectivity index (χ2v) is 4.60. The van der Waals surface area contributed by atoms with E-state index in [1.54, 1.807) is 7.05 Å². The molecule has 1 amide bonds. The van der Waals surface area contributed by atoms with Crippen LogP contribution in [-0.2, 0) is 4.79 Å². The summed E-state index contributed by atoms with van der Waals surface area (Å²) in [6, 6.07) is 0. The summed E-state index contributed by atoms with van der Waals surface area (Å²) in [6.07, 6.45) is 1.26. The highest BCUT2D eigenvalue weighted by Gasteiger charge is 2.19. The van der Waals surface area contributed by atoms with Crippen LogP contribution in [0.5, 0.6) is 0 Å². The van der Waals surface area contributed by atoms with Crippen molar-refractivity contribution in [3.63, 3.8) is 0 Å². The molecular formula is C11H23N3O. The number of carbonyl (C=O) groups is 1. The largest absolute Gasteiger partial charge is 0.359 e. The van der Waals surface area contributed by atoms with Gasteiger partial charge >= 0.3 is 0 Å². The number of rotatable bonds is 5. The van der Waals surface area contributed by atoms with Crippen LogP contribution in [0.15, 0.2) is 0 Å². The zero-order valence-corrected chi connectivity index (χ0v) is 10.0. The molecule has 0 spiro atoms. The first kappa shape index (κ1) is 12.5. The number of hydrogen-bond donors (Lipinski definition) is 2. The number of nitrogens with zero attached hydrogens (tertiary/aromatic N) is 1. The third kappa shape index (κ3) is 4.18. The molecule has 1 rings (SSSR count). The summed E-state index contributed by atoms with van der Waals surface area (Å²) < 4.78 is 0. The fourth-order valence-electron chi connectivity index (χ4n) is 2.18. The van der Waals surface area contributed by atoms with E-state index in [0.717, 1.165) is 32.1 Å². The Morgan fingerprint density at radius 3 is 2.93 bits per heavy atom. The van der Waals surface area contributed by atoms with E-state index in [1.807, 2.05) is 6.92 Å². The second kappa shape index (κ2) is 6.08. The summed E-state index contributed by atoms with van der Waals surface area (Å²) >= 11 is 0. The second-order valence-electron chi connectivity index (χ2n) is 4.60. The zero-order valence-electron chi connectivity index (χ0n) is 10.0. The molecule has 0 aromatic carbocycles. The van der Waals surface area contributed by atoms with E-state index in [2.05, 4.69) is 22.6 Å². The highest BCUT2D eigenvalue weighted by molar-refractivity contribution is 5.78. The van der Waals surface area contributed by atoms with Crippen LogP contribution in [0.25, 0.3) is 0 Å². The predicted molar refractivity (Wildman–Crippen MR) is 61.7 cm³/mol. The Kier molecular flexibility index (Phi) is 5.05. The van der Waals surface area contributed by atoms with Crippen LogP contribution in [0.1, 0.15) is 13.3 Å². The Morgan fingerprint density at radius 2 is 2.40 bits per heavy atom. The molecule has 1 aliphatic heterocycles. The summed E-state index contributed by atoms with van der Waals surface area (Å²) in [4.78, 5) is 13.6. The van der Waals surface area contributed by atoms with Gasteiger partial charge in [-0.3, -0.25) is 4.79 Å². The molecule has 0 aliphatic carbocycles. The molecule has 0 saturated carbocycles. The van der Waals surface area contributed by atoms with Gasteiger partial charge < -0.3 is 15.5 Å². The molecule has 1 fully saturated rings. The number of amides is 1. The van der Waals surface area contributed by atoms with Gasteiger partial charge in [-0.2, -0.15) is 0 Å². The SMILES string of the molecule is CNC(=O)C(C)CN(C)CC1CCNC1. The average molecular weight is 213 g/mol. The van der Waals surface area contributed by atoms with Crippen LogP contribution in [0.4, 0.5) is 0 Å². The maximum Gasteiger partial charge on any atom is 0.223 e. The first-order valence-corrected chi connectivity index (χ1v) is 5.74. The fraction of sp³-hybridized carbons (Fsp3) is 0.909. The molecule has 4 nitrogen and oxygen atoms in total. The first-order chi connectivity index (χ1) is 7.13. The van der Waals surface area contributed by atoms with Crippen molar-refractivity contribution in [2.24, 2.45) is 11.8 Å². The maximum absolute atomic E-state index is 11.3. The van der Waals surface area contributed by atoms with Gasteiger partial charge in [-0.05, 0) is 32.5 Å². The lowest BCUT2D eigenvalue weighted by molar-refractivity contribution is -0.124. The molecule has 88 valence electrons. The normalized spacial score (nSPS) is 23.1. The lowest BCUT2D eigenvalue weighted by Gasteiger charge is -2.23. The Balaban J connectivity index is 2.22. The molecule has 0 bridgehead atoms. The van der Waals surface area contributed by atoms with Gasteiger partial charge in [-0.1, -0.05) is 6.92 Å². The van der Waals surface area contributed by atoms with E-state index in [0.29, 0.717) is 0 Å². The van der Waals surface area contributed by atoms with Crippen molar-refractivity contribution < 1.29 is 4.79 Å². The Hall–Kier alpha value is -0.610. The zero-order chi connectivity index (χ0) is 11.3. The topological polar surface area (TPSA) is 44.4 Å². The summed E-state index contributed by atoms with van der Waals surface area (Å²) in [6.45, 7) is 6.18. The Bertz CT molecular complexity index is 202. The third-order valence-electron chi connectivity index (χ3n) is 3.01. The molecule has 2 unspecified atom stereocenters. The molecule has 4 heteroatoms. The highest BCUT2D eigenvalue weighted by atomic mass is 16.1. The lowest BCUT2D eigenvalue weighted by atomic mass is 10.1. The fourth-order valence-corrected chi connectivity index (χ4v) is 2.18.